The SMILES string of the molecule is O=C(Nc1ccc(F)cc1C#CCCO)c1ccco1. The van der Waals surface area contributed by atoms with Crippen molar-refractivity contribution in [2.45, 2.75) is 6.42 Å². The van der Waals surface area contributed by atoms with Crippen LogP contribution in [0, 0.1) is 17.7 Å². The summed E-state index contributed by atoms with van der Waals surface area (Å²) < 4.78 is 18.2. The van der Waals surface area contributed by atoms with Gasteiger partial charge in [-0.15, -0.1) is 0 Å². The summed E-state index contributed by atoms with van der Waals surface area (Å²) >= 11 is 0. The molecule has 0 fully saturated rings. The number of benzene rings is 1. The summed E-state index contributed by atoms with van der Waals surface area (Å²) in [7, 11) is 0. The van der Waals surface area contributed by atoms with Crippen LogP contribution in [0.5, 0.6) is 0 Å². The van der Waals surface area contributed by atoms with Crippen LogP contribution < -0.4 is 5.32 Å². The number of amides is 1. The Hall–Kier alpha value is -2.58. The van der Waals surface area contributed by atoms with Gasteiger partial charge >= 0.3 is 0 Å². The molecule has 0 radical (unpaired) electrons. The van der Waals surface area contributed by atoms with E-state index in [1.165, 1.54) is 30.5 Å². The van der Waals surface area contributed by atoms with Crippen molar-refractivity contribution >= 4 is 11.6 Å². The van der Waals surface area contributed by atoms with Gasteiger partial charge in [0.15, 0.2) is 5.76 Å². The Labute approximate surface area is 115 Å². The molecule has 0 bridgehead atoms. The molecule has 0 saturated heterocycles. The number of hydrogen-bond donors (Lipinski definition) is 2. The molecule has 102 valence electrons. The fraction of sp³-hybridized carbons (Fsp3) is 0.133. The van der Waals surface area contributed by atoms with Gasteiger partial charge < -0.3 is 14.8 Å². The summed E-state index contributed by atoms with van der Waals surface area (Å²) in [6.45, 7) is -0.0730. The van der Waals surface area contributed by atoms with Crippen molar-refractivity contribution in [2.75, 3.05) is 11.9 Å². The number of rotatable bonds is 3. The zero-order chi connectivity index (χ0) is 14.4. The molecule has 0 saturated carbocycles. The molecule has 5 heteroatoms. The third-order valence-electron chi connectivity index (χ3n) is 2.43. The van der Waals surface area contributed by atoms with Crippen LogP contribution in [0.15, 0.2) is 41.0 Å². The third-order valence-corrected chi connectivity index (χ3v) is 2.43. The lowest BCUT2D eigenvalue weighted by atomic mass is 10.1. The first-order chi connectivity index (χ1) is 9.70. The highest BCUT2D eigenvalue weighted by Crippen LogP contribution is 2.17. The minimum absolute atomic E-state index is 0.0730. The summed E-state index contributed by atoms with van der Waals surface area (Å²) in [4.78, 5) is 11.9. The van der Waals surface area contributed by atoms with Crippen LogP contribution in [0.4, 0.5) is 10.1 Å². The van der Waals surface area contributed by atoms with Crippen LogP contribution in [0.3, 0.4) is 0 Å². The van der Waals surface area contributed by atoms with Crippen LogP contribution in [-0.2, 0) is 0 Å². The topological polar surface area (TPSA) is 62.5 Å². The zero-order valence-electron chi connectivity index (χ0n) is 10.5. The molecule has 0 spiro atoms. The number of aliphatic hydroxyl groups is 1. The van der Waals surface area contributed by atoms with E-state index in [0.29, 0.717) is 11.3 Å². The maximum absolute atomic E-state index is 13.2. The van der Waals surface area contributed by atoms with E-state index in [0.717, 1.165) is 0 Å². The Bertz CT molecular complexity index is 653. The Morgan fingerprint density at radius 1 is 1.40 bits per heavy atom. The number of halogens is 1. The molecule has 2 aromatic rings. The molecule has 1 heterocycles. The maximum atomic E-state index is 13.2. The minimum atomic E-state index is -0.450. The Morgan fingerprint density at radius 3 is 2.95 bits per heavy atom. The maximum Gasteiger partial charge on any atom is 0.291 e. The lowest BCUT2D eigenvalue weighted by molar-refractivity contribution is 0.0996. The van der Waals surface area contributed by atoms with Crippen molar-refractivity contribution in [1.29, 1.82) is 0 Å². The highest BCUT2D eigenvalue weighted by molar-refractivity contribution is 6.02. The zero-order valence-corrected chi connectivity index (χ0v) is 10.5. The molecule has 2 rings (SSSR count). The van der Waals surface area contributed by atoms with Gasteiger partial charge in [-0.2, -0.15) is 0 Å². The second kappa shape index (κ2) is 6.55. The fourth-order valence-corrected chi connectivity index (χ4v) is 1.53. The number of hydrogen-bond acceptors (Lipinski definition) is 3. The van der Waals surface area contributed by atoms with E-state index in [2.05, 4.69) is 17.2 Å². The second-order valence-electron chi connectivity index (χ2n) is 3.90. The van der Waals surface area contributed by atoms with E-state index >= 15 is 0 Å². The number of aliphatic hydroxyl groups excluding tert-OH is 1. The summed E-state index contributed by atoms with van der Waals surface area (Å²) in [5.41, 5.74) is 0.733. The van der Waals surface area contributed by atoms with Crippen molar-refractivity contribution in [3.8, 4) is 11.8 Å². The summed E-state index contributed by atoms with van der Waals surface area (Å²) in [6, 6.07) is 7.01. The van der Waals surface area contributed by atoms with Crippen LogP contribution >= 0.6 is 0 Å². The van der Waals surface area contributed by atoms with Crippen LogP contribution in [0.25, 0.3) is 0 Å². The van der Waals surface area contributed by atoms with Crippen molar-refractivity contribution < 1.29 is 18.7 Å². The fourth-order valence-electron chi connectivity index (χ4n) is 1.53. The predicted octanol–water partition coefficient (Wildman–Crippen LogP) is 2.40. The van der Waals surface area contributed by atoms with Gasteiger partial charge in [-0.3, -0.25) is 4.79 Å². The van der Waals surface area contributed by atoms with Gasteiger partial charge in [-0.1, -0.05) is 11.8 Å². The molecule has 1 aromatic carbocycles. The summed E-state index contributed by atoms with van der Waals surface area (Å²) in [5.74, 6) is 4.66. The Balaban J connectivity index is 2.23. The average molecular weight is 273 g/mol. The van der Waals surface area contributed by atoms with Crippen molar-refractivity contribution in [3.05, 3.63) is 53.7 Å². The van der Waals surface area contributed by atoms with E-state index < -0.39 is 11.7 Å². The monoisotopic (exact) mass is 273 g/mol. The molecule has 4 nitrogen and oxygen atoms in total. The third kappa shape index (κ3) is 3.46. The van der Waals surface area contributed by atoms with Gasteiger partial charge in [-0.05, 0) is 30.3 Å². The molecule has 0 unspecified atom stereocenters. The molecule has 0 aliphatic rings. The normalized spacial score (nSPS) is 9.70. The molecule has 1 aromatic heterocycles. The van der Waals surface area contributed by atoms with Crippen molar-refractivity contribution in [2.24, 2.45) is 0 Å². The lowest BCUT2D eigenvalue weighted by Gasteiger charge is -2.06. The van der Waals surface area contributed by atoms with Gasteiger partial charge in [0.25, 0.3) is 5.91 Å². The molecule has 1 amide bonds. The highest BCUT2D eigenvalue weighted by atomic mass is 19.1. The van der Waals surface area contributed by atoms with Crippen molar-refractivity contribution in [3.63, 3.8) is 0 Å². The number of anilines is 1. The van der Waals surface area contributed by atoms with Crippen molar-refractivity contribution in [1.82, 2.24) is 0 Å². The van der Waals surface area contributed by atoms with E-state index in [1.54, 1.807) is 6.07 Å². The lowest BCUT2D eigenvalue weighted by Crippen LogP contribution is -2.12. The van der Waals surface area contributed by atoms with E-state index in [1.807, 2.05) is 0 Å². The first-order valence-corrected chi connectivity index (χ1v) is 5.95. The van der Waals surface area contributed by atoms with E-state index in [4.69, 9.17) is 9.52 Å². The smallest absolute Gasteiger partial charge is 0.291 e. The van der Waals surface area contributed by atoms with Gasteiger partial charge in [0.1, 0.15) is 5.82 Å². The molecule has 2 N–H and O–H groups in total. The molecule has 0 aliphatic heterocycles. The highest BCUT2D eigenvalue weighted by Gasteiger charge is 2.11. The molecular weight excluding hydrogens is 261 g/mol. The number of nitrogens with one attached hydrogen (secondary N) is 1. The van der Waals surface area contributed by atoms with Gasteiger partial charge in [0.05, 0.1) is 24.1 Å². The number of carbonyl (C=O) groups excluding carboxylic acids is 1. The first-order valence-electron chi connectivity index (χ1n) is 5.95. The van der Waals surface area contributed by atoms with Crippen LogP contribution in [0.2, 0.25) is 0 Å². The molecule has 0 aliphatic carbocycles. The average Bonchev–Trinajstić information content (AvgIpc) is 2.96. The Kier molecular flexibility index (Phi) is 4.53. The largest absolute Gasteiger partial charge is 0.459 e. The number of carbonyl (C=O) groups is 1. The quantitative estimate of drug-likeness (QED) is 0.844. The Morgan fingerprint density at radius 2 is 2.25 bits per heavy atom. The summed E-state index contributed by atoms with van der Waals surface area (Å²) in [6.07, 6.45) is 1.67. The molecule has 0 atom stereocenters. The van der Waals surface area contributed by atoms with Crippen LogP contribution in [-0.4, -0.2) is 17.6 Å². The molecular formula is C15H12FNO3. The predicted molar refractivity (Wildman–Crippen MR) is 71.6 cm³/mol. The first kappa shape index (κ1) is 13.8. The van der Waals surface area contributed by atoms with E-state index in [-0.39, 0.29) is 18.8 Å². The van der Waals surface area contributed by atoms with Gasteiger partial charge in [0, 0.05) is 6.42 Å². The van der Waals surface area contributed by atoms with Gasteiger partial charge in [-0.25, -0.2) is 4.39 Å². The minimum Gasteiger partial charge on any atom is -0.459 e. The van der Waals surface area contributed by atoms with Gasteiger partial charge in [0.2, 0.25) is 0 Å². The van der Waals surface area contributed by atoms with Crippen LogP contribution in [0.1, 0.15) is 22.5 Å². The number of furan rings is 1. The standard InChI is InChI=1S/C15H12FNO3/c16-12-6-7-13(11(10-12)4-1-2-8-18)17-15(19)14-5-3-9-20-14/h3,5-7,9-10,18H,2,8H2,(H,17,19). The summed E-state index contributed by atoms with van der Waals surface area (Å²) in [5, 5.41) is 11.3. The second-order valence-corrected chi connectivity index (χ2v) is 3.90. The molecule has 20 heavy (non-hydrogen) atoms. The van der Waals surface area contributed by atoms with E-state index in [9.17, 15) is 9.18 Å².